The van der Waals surface area contributed by atoms with Gasteiger partial charge in [0.1, 0.15) is 17.5 Å². The lowest BCUT2D eigenvalue weighted by Gasteiger charge is -2.08. The van der Waals surface area contributed by atoms with E-state index in [1.54, 1.807) is 0 Å². The van der Waals surface area contributed by atoms with E-state index in [1.807, 2.05) is 54.2 Å². The maximum Gasteiger partial charge on any atom is 0.264 e. The Hall–Kier alpha value is -3.32. The Bertz CT molecular complexity index is 1210. The van der Waals surface area contributed by atoms with Crippen molar-refractivity contribution in [3.8, 4) is 22.7 Å². The number of hydrogen-bond acceptors (Lipinski definition) is 5. The molecule has 0 aliphatic carbocycles. The van der Waals surface area contributed by atoms with Gasteiger partial charge in [-0.3, -0.25) is 10.2 Å². The number of carbonyl (C=O) groups excluding carboxylic acids is 1. The van der Waals surface area contributed by atoms with Crippen molar-refractivity contribution in [3.05, 3.63) is 70.3 Å². The molecule has 0 saturated carbocycles. The molecule has 6 nitrogen and oxygen atoms in total. The van der Waals surface area contributed by atoms with E-state index < -0.39 is 0 Å². The summed E-state index contributed by atoms with van der Waals surface area (Å²) in [7, 11) is 0. The normalized spacial score (nSPS) is 19.1. The molecule has 1 fully saturated rings. The smallest absolute Gasteiger partial charge is 0.264 e. The molecule has 150 valence electrons. The Morgan fingerprint density at radius 2 is 2.10 bits per heavy atom. The van der Waals surface area contributed by atoms with Crippen LogP contribution in [0, 0.1) is 12.3 Å². The number of fused-ring (bicyclic) bond motifs is 1. The predicted molar refractivity (Wildman–Crippen MR) is 119 cm³/mol. The van der Waals surface area contributed by atoms with E-state index in [4.69, 9.17) is 15.2 Å². The summed E-state index contributed by atoms with van der Waals surface area (Å²) in [4.78, 5) is 12.7. The molecule has 0 radical (unpaired) electrons. The molecule has 1 atom stereocenters. The summed E-state index contributed by atoms with van der Waals surface area (Å²) in [5.41, 5.74) is 5.81. The lowest BCUT2D eigenvalue weighted by molar-refractivity contribution is -0.115. The van der Waals surface area contributed by atoms with Gasteiger partial charge in [0, 0.05) is 23.7 Å². The van der Waals surface area contributed by atoms with Crippen molar-refractivity contribution in [2.75, 3.05) is 0 Å². The summed E-state index contributed by atoms with van der Waals surface area (Å²) in [6.07, 6.45) is 4.78. The Morgan fingerprint density at radius 3 is 2.83 bits per heavy atom. The molecule has 1 saturated heterocycles. The molecule has 2 aliphatic heterocycles. The Labute approximate surface area is 178 Å². The second kappa shape index (κ2) is 7.18. The Kier molecular flexibility index (Phi) is 4.47. The van der Waals surface area contributed by atoms with Crippen molar-refractivity contribution in [1.29, 1.82) is 5.41 Å². The van der Waals surface area contributed by atoms with Crippen LogP contribution in [0.2, 0.25) is 0 Å². The predicted octanol–water partition coefficient (Wildman–Crippen LogP) is 4.31. The van der Waals surface area contributed by atoms with E-state index in [1.165, 1.54) is 5.56 Å². The molecule has 5 rings (SSSR count). The van der Waals surface area contributed by atoms with Crippen LogP contribution in [-0.4, -0.2) is 27.0 Å². The van der Waals surface area contributed by atoms with Gasteiger partial charge in [0.2, 0.25) is 0 Å². The van der Waals surface area contributed by atoms with Gasteiger partial charge in [-0.2, -0.15) is 5.10 Å². The van der Waals surface area contributed by atoms with Crippen LogP contribution in [0.5, 0.6) is 5.75 Å². The zero-order chi connectivity index (χ0) is 20.8. The number of nitrogens with one attached hydrogen (secondary N) is 2. The van der Waals surface area contributed by atoms with Crippen LogP contribution >= 0.6 is 11.8 Å². The van der Waals surface area contributed by atoms with Crippen LogP contribution in [-0.2, 0) is 11.2 Å². The van der Waals surface area contributed by atoms with Crippen molar-refractivity contribution in [1.82, 2.24) is 15.1 Å². The summed E-state index contributed by atoms with van der Waals surface area (Å²) in [5.74, 6) is 0.712. The molecule has 30 heavy (non-hydrogen) atoms. The molecule has 0 spiro atoms. The van der Waals surface area contributed by atoms with Crippen LogP contribution in [0.25, 0.3) is 23.0 Å². The van der Waals surface area contributed by atoms with Gasteiger partial charge in [-0.1, -0.05) is 18.2 Å². The van der Waals surface area contributed by atoms with E-state index in [9.17, 15) is 4.79 Å². The summed E-state index contributed by atoms with van der Waals surface area (Å²) in [6.45, 7) is 4.12. The van der Waals surface area contributed by atoms with Crippen molar-refractivity contribution in [2.24, 2.45) is 0 Å². The number of carbonyl (C=O) groups is 1. The molecule has 3 aromatic rings. The monoisotopic (exact) mass is 416 g/mol. The second-order valence-electron chi connectivity index (χ2n) is 7.52. The maximum absolute atomic E-state index is 12.2. The van der Waals surface area contributed by atoms with Crippen molar-refractivity contribution in [3.63, 3.8) is 0 Å². The molecule has 1 amide bonds. The third-order valence-electron chi connectivity index (χ3n) is 5.16. The molecule has 2 N–H and O–H groups in total. The number of rotatable bonds is 3. The maximum atomic E-state index is 12.2. The number of aryl methyl sites for hydroxylation is 1. The van der Waals surface area contributed by atoms with Crippen molar-refractivity contribution >= 4 is 28.9 Å². The van der Waals surface area contributed by atoms with Gasteiger partial charge in [-0.05, 0) is 67.1 Å². The Balaban J connectivity index is 1.66. The minimum absolute atomic E-state index is 0.141. The highest BCUT2D eigenvalue weighted by molar-refractivity contribution is 8.18. The fraction of sp³-hybridized carbons (Fsp3) is 0.174. The second-order valence-corrected chi connectivity index (χ2v) is 8.57. The molecule has 1 aromatic heterocycles. The molecule has 1 unspecified atom stereocenters. The highest BCUT2D eigenvalue weighted by atomic mass is 32.2. The van der Waals surface area contributed by atoms with Crippen LogP contribution < -0.4 is 10.1 Å². The summed E-state index contributed by atoms with van der Waals surface area (Å²) >= 11 is 1.13. The zero-order valence-electron chi connectivity index (χ0n) is 16.6. The van der Waals surface area contributed by atoms with Crippen molar-refractivity contribution in [2.45, 2.75) is 26.4 Å². The SMILES string of the molecule is Cc1cc(-c2nn(-c3ccccc3)cc2C=C2SC(=N)NC2=O)cc2c1OC(C)C2. The fourth-order valence-electron chi connectivity index (χ4n) is 3.87. The van der Waals surface area contributed by atoms with Gasteiger partial charge in [-0.15, -0.1) is 0 Å². The Morgan fingerprint density at radius 1 is 1.30 bits per heavy atom. The van der Waals surface area contributed by atoms with Gasteiger partial charge in [-0.25, -0.2) is 4.68 Å². The van der Waals surface area contributed by atoms with Gasteiger partial charge in [0.05, 0.1) is 10.6 Å². The van der Waals surface area contributed by atoms with Gasteiger partial charge in [0.25, 0.3) is 5.91 Å². The average molecular weight is 417 g/mol. The summed E-state index contributed by atoms with van der Waals surface area (Å²) in [5, 5.41) is 15.2. The van der Waals surface area contributed by atoms with E-state index >= 15 is 0 Å². The fourth-order valence-corrected chi connectivity index (χ4v) is 4.56. The minimum atomic E-state index is -0.254. The first-order chi connectivity index (χ1) is 14.5. The quantitative estimate of drug-likeness (QED) is 0.624. The number of benzene rings is 2. The third kappa shape index (κ3) is 3.31. The average Bonchev–Trinajstić information content (AvgIpc) is 3.39. The first-order valence-electron chi connectivity index (χ1n) is 9.73. The first kappa shape index (κ1) is 18.7. The molecular weight excluding hydrogens is 396 g/mol. The topological polar surface area (TPSA) is 80.0 Å². The summed E-state index contributed by atoms with van der Waals surface area (Å²) < 4.78 is 7.77. The van der Waals surface area contributed by atoms with Crippen LogP contribution in [0.1, 0.15) is 23.6 Å². The first-order valence-corrected chi connectivity index (χ1v) is 10.5. The number of thioether (sulfide) groups is 1. The highest BCUT2D eigenvalue weighted by Crippen LogP contribution is 2.38. The lowest BCUT2D eigenvalue weighted by Crippen LogP contribution is -2.18. The molecule has 2 aromatic carbocycles. The van der Waals surface area contributed by atoms with Gasteiger partial charge >= 0.3 is 0 Å². The van der Waals surface area contributed by atoms with E-state index in [0.717, 1.165) is 52.0 Å². The number of ether oxygens (including phenoxy) is 1. The zero-order valence-corrected chi connectivity index (χ0v) is 17.4. The molecule has 3 heterocycles. The van der Waals surface area contributed by atoms with Crippen molar-refractivity contribution < 1.29 is 9.53 Å². The number of hydrogen-bond donors (Lipinski definition) is 2. The molecule has 2 aliphatic rings. The van der Waals surface area contributed by atoms with E-state index in [-0.39, 0.29) is 17.2 Å². The standard InChI is InChI=1S/C23H20N4O2S/c1-13-8-15(10-16-9-14(2)29-21(13)16)20-17(11-19-22(28)25-23(24)30-19)12-27(26-20)18-6-4-3-5-7-18/h3-8,10-12,14H,9H2,1-2H3,(H2,24,25,28). The van der Waals surface area contributed by atoms with Crippen LogP contribution in [0.3, 0.4) is 0 Å². The third-order valence-corrected chi connectivity index (χ3v) is 5.99. The number of nitrogens with zero attached hydrogens (tertiary/aromatic N) is 2. The van der Waals surface area contributed by atoms with Crippen LogP contribution in [0.15, 0.2) is 53.6 Å². The lowest BCUT2D eigenvalue weighted by atomic mass is 9.99. The van der Waals surface area contributed by atoms with Gasteiger partial charge in [0.15, 0.2) is 5.17 Å². The number of aromatic nitrogens is 2. The van der Waals surface area contributed by atoms with E-state index in [0.29, 0.717) is 4.91 Å². The van der Waals surface area contributed by atoms with Crippen LogP contribution in [0.4, 0.5) is 0 Å². The minimum Gasteiger partial charge on any atom is -0.490 e. The van der Waals surface area contributed by atoms with E-state index in [2.05, 4.69) is 24.4 Å². The number of amidine groups is 1. The highest BCUT2D eigenvalue weighted by Gasteiger charge is 2.25. The summed E-state index contributed by atoms with van der Waals surface area (Å²) in [6, 6.07) is 14.1. The molecule has 7 heteroatoms. The molecule has 0 bridgehead atoms. The van der Waals surface area contributed by atoms with Gasteiger partial charge < -0.3 is 10.1 Å². The number of amides is 1. The largest absolute Gasteiger partial charge is 0.490 e. The number of para-hydroxylation sites is 1. The molecular formula is C23H20N4O2S.